The van der Waals surface area contributed by atoms with Gasteiger partial charge >= 0.3 is 0 Å². The number of rotatable bonds is 6. The van der Waals surface area contributed by atoms with E-state index < -0.39 is 0 Å². The van der Waals surface area contributed by atoms with Crippen molar-refractivity contribution in [3.8, 4) is 0 Å². The summed E-state index contributed by atoms with van der Waals surface area (Å²) < 4.78 is 1.75. The highest BCUT2D eigenvalue weighted by atomic mass is 16.1. The van der Waals surface area contributed by atoms with Gasteiger partial charge in [-0.1, -0.05) is 18.9 Å². The Balaban J connectivity index is 1.70. The zero-order valence-electron chi connectivity index (χ0n) is 9.86. The standard InChI is InChI=1S/C13H20N2O/c1-11(10-12-5-6-12)14-7-9-15-8-3-2-4-13(15)16/h2-4,8,11-12,14H,5-7,9-10H2,1H3. The lowest BCUT2D eigenvalue weighted by atomic mass is 10.1. The summed E-state index contributed by atoms with van der Waals surface area (Å²) in [6.07, 6.45) is 5.94. The van der Waals surface area contributed by atoms with Crippen LogP contribution in [0.5, 0.6) is 0 Å². The van der Waals surface area contributed by atoms with Crippen LogP contribution in [0.3, 0.4) is 0 Å². The van der Waals surface area contributed by atoms with Gasteiger partial charge in [0.25, 0.3) is 5.56 Å². The fourth-order valence-electron chi connectivity index (χ4n) is 2.01. The maximum atomic E-state index is 11.4. The van der Waals surface area contributed by atoms with E-state index in [4.69, 9.17) is 0 Å². The maximum Gasteiger partial charge on any atom is 0.250 e. The van der Waals surface area contributed by atoms with Gasteiger partial charge in [-0.25, -0.2) is 0 Å². The van der Waals surface area contributed by atoms with Crippen molar-refractivity contribution in [2.75, 3.05) is 6.54 Å². The molecule has 1 atom stereocenters. The first kappa shape index (κ1) is 11.4. The SMILES string of the molecule is CC(CC1CC1)NCCn1ccccc1=O. The number of pyridine rings is 1. The number of hydrogen-bond acceptors (Lipinski definition) is 2. The van der Waals surface area contributed by atoms with Gasteiger partial charge in [0.05, 0.1) is 0 Å². The summed E-state index contributed by atoms with van der Waals surface area (Å²) in [5, 5.41) is 3.47. The summed E-state index contributed by atoms with van der Waals surface area (Å²) in [6, 6.07) is 5.86. The lowest BCUT2D eigenvalue weighted by Crippen LogP contribution is -2.32. The van der Waals surface area contributed by atoms with E-state index in [-0.39, 0.29) is 5.56 Å². The predicted molar refractivity (Wildman–Crippen MR) is 65.5 cm³/mol. The highest BCUT2D eigenvalue weighted by Crippen LogP contribution is 2.33. The van der Waals surface area contributed by atoms with Gasteiger partial charge in [0, 0.05) is 31.4 Å². The van der Waals surface area contributed by atoms with E-state index in [0.717, 1.165) is 19.0 Å². The van der Waals surface area contributed by atoms with Crippen LogP contribution in [0.25, 0.3) is 0 Å². The first-order valence-electron chi connectivity index (χ1n) is 6.14. The monoisotopic (exact) mass is 220 g/mol. The largest absolute Gasteiger partial charge is 0.314 e. The normalized spacial score (nSPS) is 17.3. The van der Waals surface area contributed by atoms with Gasteiger partial charge in [-0.15, -0.1) is 0 Å². The zero-order valence-corrected chi connectivity index (χ0v) is 9.86. The molecule has 1 saturated carbocycles. The molecule has 1 aromatic heterocycles. The van der Waals surface area contributed by atoms with E-state index in [9.17, 15) is 4.79 Å². The Bertz CT molecular complexity index is 382. The molecule has 2 rings (SSSR count). The van der Waals surface area contributed by atoms with Crippen LogP contribution in [0.2, 0.25) is 0 Å². The summed E-state index contributed by atoms with van der Waals surface area (Å²) in [6.45, 7) is 3.86. The molecule has 0 aromatic carbocycles. The van der Waals surface area contributed by atoms with Gasteiger partial charge in [-0.3, -0.25) is 4.79 Å². The van der Waals surface area contributed by atoms with Crippen LogP contribution in [0, 0.1) is 5.92 Å². The molecular formula is C13H20N2O. The van der Waals surface area contributed by atoms with Crippen LogP contribution in [-0.4, -0.2) is 17.2 Å². The van der Waals surface area contributed by atoms with Gasteiger partial charge < -0.3 is 9.88 Å². The van der Waals surface area contributed by atoms with Gasteiger partial charge in [-0.05, 0) is 25.3 Å². The molecule has 1 aliphatic carbocycles. The second-order valence-electron chi connectivity index (χ2n) is 4.77. The summed E-state index contributed by atoms with van der Waals surface area (Å²) in [5.74, 6) is 0.960. The minimum atomic E-state index is 0.0825. The van der Waals surface area contributed by atoms with Crippen LogP contribution in [-0.2, 0) is 6.54 Å². The first-order chi connectivity index (χ1) is 7.75. The molecule has 1 heterocycles. The smallest absolute Gasteiger partial charge is 0.250 e. The van der Waals surface area contributed by atoms with Crippen LogP contribution in [0.1, 0.15) is 26.2 Å². The van der Waals surface area contributed by atoms with Gasteiger partial charge in [-0.2, -0.15) is 0 Å². The number of nitrogens with one attached hydrogen (secondary N) is 1. The lowest BCUT2D eigenvalue weighted by Gasteiger charge is -2.13. The molecule has 0 saturated heterocycles. The Morgan fingerprint density at radius 3 is 3.00 bits per heavy atom. The molecule has 1 unspecified atom stereocenters. The van der Waals surface area contributed by atoms with E-state index in [0.29, 0.717) is 6.04 Å². The molecule has 1 N–H and O–H groups in total. The Kier molecular flexibility index (Phi) is 3.78. The number of nitrogens with zero attached hydrogens (tertiary/aromatic N) is 1. The average Bonchev–Trinajstić information content (AvgIpc) is 3.05. The molecule has 0 aliphatic heterocycles. The molecule has 0 amide bonds. The second-order valence-corrected chi connectivity index (χ2v) is 4.77. The molecule has 16 heavy (non-hydrogen) atoms. The third kappa shape index (κ3) is 3.49. The Labute approximate surface area is 96.5 Å². The lowest BCUT2D eigenvalue weighted by molar-refractivity contribution is 0.467. The fourth-order valence-corrected chi connectivity index (χ4v) is 2.01. The molecule has 1 aromatic rings. The molecule has 88 valence electrons. The molecule has 1 fully saturated rings. The average molecular weight is 220 g/mol. The van der Waals surface area contributed by atoms with Gasteiger partial charge in [0.2, 0.25) is 0 Å². The summed E-state index contributed by atoms with van der Waals surface area (Å²) in [4.78, 5) is 11.4. The third-order valence-corrected chi connectivity index (χ3v) is 3.13. The summed E-state index contributed by atoms with van der Waals surface area (Å²) in [5.41, 5.74) is 0.0825. The Hall–Kier alpha value is -1.09. The summed E-state index contributed by atoms with van der Waals surface area (Å²) >= 11 is 0. The van der Waals surface area contributed by atoms with E-state index in [2.05, 4.69) is 12.2 Å². The van der Waals surface area contributed by atoms with Crippen molar-refractivity contribution < 1.29 is 0 Å². The van der Waals surface area contributed by atoms with E-state index >= 15 is 0 Å². The zero-order chi connectivity index (χ0) is 11.4. The topological polar surface area (TPSA) is 34.0 Å². The van der Waals surface area contributed by atoms with Crippen molar-refractivity contribution in [3.63, 3.8) is 0 Å². The predicted octanol–water partition coefficient (Wildman–Crippen LogP) is 1.63. The quantitative estimate of drug-likeness (QED) is 0.790. The fraction of sp³-hybridized carbons (Fsp3) is 0.615. The Morgan fingerprint density at radius 2 is 2.31 bits per heavy atom. The van der Waals surface area contributed by atoms with E-state index in [1.165, 1.54) is 19.3 Å². The number of hydrogen-bond donors (Lipinski definition) is 1. The van der Waals surface area contributed by atoms with Crippen LogP contribution < -0.4 is 10.9 Å². The molecule has 3 heteroatoms. The van der Waals surface area contributed by atoms with Crippen molar-refractivity contribution in [2.24, 2.45) is 5.92 Å². The van der Waals surface area contributed by atoms with Gasteiger partial charge in [0.1, 0.15) is 0 Å². The number of aromatic nitrogens is 1. The molecule has 1 aliphatic rings. The van der Waals surface area contributed by atoms with Crippen LogP contribution in [0.15, 0.2) is 29.2 Å². The minimum absolute atomic E-state index is 0.0825. The van der Waals surface area contributed by atoms with Crippen molar-refractivity contribution in [1.29, 1.82) is 0 Å². The second kappa shape index (κ2) is 5.30. The van der Waals surface area contributed by atoms with E-state index in [1.54, 1.807) is 16.7 Å². The maximum absolute atomic E-state index is 11.4. The molecule has 3 nitrogen and oxygen atoms in total. The van der Waals surface area contributed by atoms with E-state index in [1.807, 2.05) is 12.3 Å². The molecule has 0 bridgehead atoms. The van der Waals surface area contributed by atoms with Crippen LogP contribution in [0.4, 0.5) is 0 Å². The molecule has 0 radical (unpaired) electrons. The van der Waals surface area contributed by atoms with Crippen molar-refractivity contribution in [3.05, 3.63) is 34.7 Å². The molecular weight excluding hydrogens is 200 g/mol. The van der Waals surface area contributed by atoms with Crippen LogP contribution >= 0.6 is 0 Å². The van der Waals surface area contributed by atoms with Crippen molar-refractivity contribution in [1.82, 2.24) is 9.88 Å². The highest BCUT2D eigenvalue weighted by Gasteiger charge is 2.22. The van der Waals surface area contributed by atoms with Crippen molar-refractivity contribution in [2.45, 2.75) is 38.8 Å². The highest BCUT2D eigenvalue weighted by molar-refractivity contribution is 4.93. The third-order valence-electron chi connectivity index (χ3n) is 3.13. The first-order valence-corrected chi connectivity index (χ1v) is 6.14. The summed E-state index contributed by atoms with van der Waals surface area (Å²) in [7, 11) is 0. The molecule has 0 spiro atoms. The van der Waals surface area contributed by atoms with Gasteiger partial charge in [0.15, 0.2) is 0 Å². The Morgan fingerprint density at radius 1 is 1.50 bits per heavy atom. The minimum Gasteiger partial charge on any atom is -0.314 e. The van der Waals surface area contributed by atoms with Crippen molar-refractivity contribution >= 4 is 0 Å².